The Balaban J connectivity index is 0.00000144. The zero-order chi connectivity index (χ0) is 15.4. The zero-order valence-corrected chi connectivity index (χ0v) is 15.2. The van der Waals surface area contributed by atoms with Gasteiger partial charge in [-0.05, 0) is 24.8 Å². The van der Waals surface area contributed by atoms with Gasteiger partial charge >= 0.3 is 0 Å². The number of nitrogens with zero attached hydrogens (tertiary/aromatic N) is 2. The molecule has 0 aliphatic carbocycles. The molecule has 2 saturated heterocycles. The second-order valence-electron chi connectivity index (χ2n) is 6.04. The minimum Gasteiger partial charge on any atom is -0.506 e. The highest BCUT2D eigenvalue weighted by molar-refractivity contribution is 5.85. The van der Waals surface area contributed by atoms with Crippen LogP contribution in [0.3, 0.4) is 0 Å². The van der Waals surface area contributed by atoms with Gasteiger partial charge in [0.1, 0.15) is 11.8 Å². The molecule has 1 atom stereocenters. The molecule has 0 unspecified atom stereocenters. The quantitative estimate of drug-likeness (QED) is 0.851. The van der Waals surface area contributed by atoms with Gasteiger partial charge in [0.2, 0.25) is 0 Å². The van der Waals surface area contributed by atoms with E-state index in [-0.39, 0.29) is 36.6 Å². The monoisotopic (exact) mass is 373 g/mol. The average molecular weight is 374 g/mol. The highest BCUT2D eigenvalue weighted by atomic mass is 35.5. The maximum atomic E-state index is 10.5. The van der Waals surface area contributed by atoms with Gasteiger partial charge in [0, 0.05) is 51.0 Å². The van der Waals surface area contributed by atoms with Crippen molar-refractivity contribution in [1.82, 2.24) is 10.2 Å². The summed E-state index contributed by atoms with van der Waals surface area (Å²) in [7, 11) is 0. The second kappa shape index (κ2) is 10.1. The molecule has 24 heavy (non-hydrogen) atoms. The Morgan fingerprint density at radius 1 is 1.21 bits per heavy atom. The van der Waals surface area contributed by atoms with Gasteiger partial charge in [-0.2, -0.15) is 5.26 Å². The van der Waals surface area contributed by atoms with E-state index >= 15 is 0 Å². The minimum atomic E-state index is 0. The number of halogens is 2. The van der Waals surface area contributed by atoms with Crippen LogP contribution in [0.4, 0.5) is 0 Å². The van der Waals surface area contributed by atoms with Gasteiger partial charge in [0.05, 0.1) is 5.56 Å². The zero-order valence-electron chi connectivity index (χ0n) is 13.6. The highest BCUT2D eigenvalue weighted by Gasteiger charge is 2.33. The molecule has 134 valence electrons. The Hall–Kier alpha value is -1.03. The first-order valence-corrected chi connectivity index (χ1v) is 8.05. The number of para-hydroxylation sites is 1. The summed E-state index contributed by atoms with van der Waals surface area (Å²) in [5.41, 5.74) is 1.26. The fraction of sp³-hybridized carbons (Fsp3) is 0.588. The second-order valence-corrected chi connectivity index (χ2v) is 6.04. The van der Waals surface area contributed by atoms with Crippen LogP contribution in [0.25, 0.3) is 0 Å². The van der Waals surface area contributed by atoms with Crippen molar-refractivity contribution in [1.29, 1.82) is 5.26 Å². The van der Waals surface area contributed by atoms with Crippen molar-refractivity contribution in [2.24, 2.45) is 5.92 Å². The Morgan fingerprint density at radius 2 is 1.88 bits per heavy atom. The number of nitriles is 1. The van der Waals surface area contributed by atoms with Crippen molar-refractivity contribution in [2.45, 2.75) is 18.9 Å². The predicted octanol–water partition coefficient (Wildman–Crippen LogP) is 2.48. The van der Waals surface area contributed by atoms with Crippen LogP contribution < -0.4 is 5.32 Å². The Morgan fingerprint density at radius 3 is 2.50 bits per heavy atom. The number of hydrogen-bond donors (Lipinski definition) is 2. The van der Waals surface area contributed by atoms with Crippen LogP contribution in [-0.2, 0) is 4.74 Å². The predicted molar refractivity (Wildman–Crippen MR) is 98.0 cm³/mol. The molecule has 5 nitrogen and oxygen atoms in total. The van der Waals surface area contributed by atoms with Gasteiger partial charge in [-0.25, -0.2) is 0 Å². The fourth-order valence-corrected chi connectivity index (χ4v) is 3.63. The van der Waals surface area contributed by atoms with Crippen molar-refractivity contribution < 1.29 is 9.84 Å². The topological polar surface area (TPSA) is 68.5 Å². The number of aromatic hydroxyl groups is 1. The van der Waals surface area contributed by atoms with Gasteiger partial charge in [-0.3, -0.25) is 4.90 Å². The molecule has 2 aliphatic rings. The smallest absolute Gasteiger partial charge is 0.138 e. The lowest BCUT2D eigenvalue weighted by Crippen LogP contribution is -2.47. The van der Waals surface area contributed by atoms with Crippen LogP contribution in [0.15, 0.2) is 18.2 Å². The minimum absolute atomic E-state index is 0. The lowest BCUT2D eigenvalue weighted by atomic mass is 9.84. The number of phenols is 1. The lowest BCUT2D eigenvalue weighted by Gasteiger charge is -2.41. The van der Waals surface area contributed by atoms with E-state index in [0.29, 0.717) is 11.5 Å². The van der Waals surface area contributed by atoms with E-state index in [2.05, 4.69) is 16.3 Å². The van der Waals surface area contributed by atoms with Crippen LogP contribution >= 0.6 is 24.8 Å². The molecule has 0 saturated carbocycles. The Bertz CT molecular complexity index is 535. The average Bonchev–Trinajstić information content (AvgIpc) is 2.59. The van der Waals surface area contributed by atoms with E-state index in [9.17, 15) is 10.4 Å². The van der Waals surface area contributed by atoms with Gasteiger partial charge in [-0.1, -0.05) is 12.1 Å². The van der Waals surface area contributed by atoms with Crippen molar-refractivity contribution in [2.75, 3.05) is 39.4 Å². The molecule has 1 aromatic carbocycles. The SMILES string of the molecule is Cl.Cl.N#Cc1cccc([C@H](C2CCOCC2)N2CCNCC2)c1O. The molecule has 2 N–H and O–H groups in total. The first-order chi connectivity index (χ1) is 10.8. The van der Waals surface area contributed by atoms with Crippen molar-refractivity contribution >= 4 is 24.8 Å². The number of rotatable bonds is 3. The molecule has 2 heterocycles. The third kappa shape index (κ3) is 4.53. The molecule has 0 bridgehead atoms. The van der Waals surface area contributed by atoms with Crippen molar-refractivity contribution in [3.05, 3.63) is 29.3 Å². The molecule has 2 aliphatic heterocycles. The summed E-state index contributed by atoms with van der Waals surface area (Å²) in [6.45, 7) is 5.45. The van der Waals surface area contributed by atoms with E-state index in [1.807, 2.05) is 12.1 Å². The first-order valence-electron chi connectivity index (χ1n) is 8.05. The molecule has 0 spiro atoms. The van der Waals surface area contributed by atoms with Crippen LogP contribution in [0.5, 0.6) is 5.75 Å². The molecule has 1 aromatic rings. The summed E-state index contributed by atoms with van der Waals surface area (Å²) in [4.78, 5) is 2.45. The summed E-state index contributed by atoms with van der Waals surface area (Å²) in [6.07, 6.45) is 2.01. The van der Waals surface area contributed by atoms with Gasteiger partial charge in [-0.15, -0.1) is 24.8 Å². The van der Waals surface area contributed by atoms with Crippen molar-refractivity contribution in [3.63, 3.8) is 0 Å². The fourth-order valence-electron chi connectivity index (χ4n) is 3.63. The standard InChI is InChI=1S/C17H23N3O2.2ClH/c18-12-14-2-1-3-15(17(14)21)16(13-4-10-22-11-5-13)20-8-6-19-7-9-20;;/h1-3,13,16,19,21H,4-11H2;2*1H/t16-;;/m0../s1. The molecule has 0 amide bonds. The summed E-state index contributed by atoms with van der Waals surface area (Å²) in [6, 6.07) is 7.78. The summed E-state index contributed by atoms with van der Waals surface area (Å²) >= 11 is 0. The Kier molecular flexibility index (Phi) is 8.82. The van der Waals surface area contributed by atoms with Crippen LogP contribution in [0, 0.1) is 17.2 Å². The molecule has 0 aromatic heterocycles. The van der Waals surface area contributed by atoms with Gasteiger partial charge in [0.15, 0.2) is 0 Å². The van der Waals surface area contributed by atoms with Crippen molar-refractivity contribution in [3.8, 4) is 11.8 Å². The molecule has 3 rings (SSSR count). The molecule has 2 fully saturated rings. The van der Waals surface area contributed by atoms with Crippen LogP contribution in [0.2, 0.25) is 0 Å². The maximum Gasteiger partial charge on any atom is 0.138 e. The first kappa shape index (κ1) is 21.0. The van der Waals surface area contributed by atoms with Crippen LogP contribution in [0.1, 0.15) is 30.0 Å². The number of benzene rings is 1. The van der Waals surface area contributed by atoms with E-state index in [1.165, 1.54) is 0 Å². The van der Waals surface area contributed by atoms with E-state index in [1.54, 1.807) is 6.07 Å². The van der Waals surface area contributed by atoms with Gasteiger partial charge in [0.25, 0.3) is 0 Å². The lowest BCUT2D eigenvalue weighted by molar-refractivity contribution is 0.0206. The molecule has 0 radical (unpaired) electrons. The van der Waals surface area contributed by atoms with Crippen LogP contribution in [-0.4, -0.2) is 49.4 Å². The number of hydrogen-bond acceptors (Lipinski definition) is 5. The molecular weight excluding hydrogens is 349 g/mol. The summed E-state index contributed by atoms with van der Waals surface area (Å²) in [5, 5.41) is 23.1. The van der Waals surface area contributed by atoms with E-state index < -0.39 is 0 Å². The largest absolute Gasteiger partial charge is 0.506 e. The highest BCUT2D eigenvalue weighted by Crippen LogP contribution is 2.40. The van der Waals surface area contributed by atoms with E-state index in [4.69, 9.17) is 4.74 Å². The maximum absolute atomic E-state index is 10.5. The van der Waals surface area contributed by atoms with E-state index in [0.717, 1.165) is 57.8 Å². The number of nitrogens with one attached hydrogen (secondary N) is 1. The molecular formula is C17H25Cl2N3O2. The number of piperazine rings is 1. The van der Waals surface area contributed by atoms with Gasteiger partial charge < -0.3 is 15.2 Å². The number of phenolic OH excluding ortho intramolecular Hbond substituents is 1. The summed E-state index contributed by atoms with van der Waals surface area (Å²) < 4.78 is 5.50. The third-order valence-corrected chi connectivity index (χ3v) is 4.76. The number of ether oxygens (including phenoxy) is 1. The summed E-state index contributed by atoms with van der Waals surface area (Å²) in [5.74, 6) is 0.617. The third-order valence-electron chi connectivity index (χ3n) is 4.76. The Labute approximate surface area is 155 Å². The normalized spacial score (nSPS) is 20.3. The molecule has 7 heteroatoms.